The minimum atomic E-state index is 0.419. The van der Waals surface area contributed by atoms with Crippen LogP contribution in [0.2, 0.25) is 0 Å². The molecule has 2 heteroatoms. The maximum atomic E-state index is 5.70. The van der Waals surface area contributed by atoms with Crippen molar-refractivity contribution in [1.29, 1.82) is 0 Å². The van der Waals surface area contributed by atoms with Gasteiger partial charge >= 0.3 is 0 Å². The first-order chi connectivity index (χ1) is 12.1. The predicted molar refractivity (Wildman–Crippen MR) is 107 cm³/mol. The van der Waals surface area contributed by atoms with Crippen LogP contribution in [0.4, 0.5) is 0 Å². The number of fused-ring (bicyclic) bond motifs is 1. The molecule has 0 aromatic heterocycles. The third-order valence-electron chi connectivity index (χ3n) is 5.83. The molecule has 1 fully saturated rings. The average molecular weight is 338 g/mol. The van der Waals surface area contributed by atoms with Crippen LogP contribution in [-0.4, -0.2) is 18.1 Å². The summed E-state index contributed by atoms with van der Waals surface area (Å²) in [6, 6.07) is 5.16. The third-order valence-corrected chi connectivity index (χ3v) is 5.83. The lowest BCUT2D eigenvalue weighted by Crippen LogP contribution is -2.41. The lowest BCUT2D eigenvalue weighted by molar-refractivity contribution is 0.254. The number of hydrogen-bond acceptors (Lipinski definition) is 2. The molecule has 1 aliphatic carbocycles. The van der Waals surface area contributed by atoms with Gasteiger partial charge in [-0.05, 0) is 61.3 Å². The van der Waals surface area contributed by atoms with E-state index in [9.17, 15) is 0 Å². The van der Waals surface area contributed by atoms with Crippen molar-refractivity contribution in [2.45, 2.75) is 58.9 Å². The van der Waals surface area contributed by atoms with Gasteiger partial charge < -0.3 is 9.64 Å². The fourth-order valence-corrected chi connectivity index (χ4v) is 4.11. The van der Waals surface area contributed by atoms with Gasteiger partial charge in [0, 0.05) is 23.5 Å². The number of methoxy groups -OCH3 is 1. The van der Waals surface area contributed by atoms with E-state index < -0.39 is 0 Å². The van der Waals surface area contributed by atoms with Crippen molar-refractivity contribution in [2.75, 3.05) is 7.11 Å². The van der Waals surface area contributed by atoms with E-state index >= 15 is 0 Å². The monoisotopic (exact) mass is 337 g/mol. The Morgan fingerprint density at radius 2 is 2.12 bits per heavy atom. The van der Waals surface area contributed by atoms with Crippen LogP contribution in [0.25, 0.3) is 5.70 Å². The van der Waals surface area contributed by atoms with E-state index in [1.54, 1.807) is 7.11 Å². The van der Waals surface area contributed by atoms with Crippen LogP contribution < -0.4 is 4.74 Å². The maximum Gasteiger partial charge on any atom is 0.122 e. The van der Waals surface area contributed by atoms with Gasteiger partial charge in [0.1, 0.15) is 5.75 Å². The highest BCUT2D eigenvalue weighted by molar-refractivity contribution is 5.72. The molecule has 1 atom stereocenters. The van der Waals surface area contributed by atoms with Crippen LogP contribution in [0.5, 0.6) is 5.75 Å². The van der Waals surface area contributed by atoms with Gasteiger partial charge in [0.15, 0.2) is 0 Å². The van der Waals surface area contributed by atoms with Gasteiger partial charge in [0.25, 0.3) is 0 Å². The molecule has 1 saturated carbocycles. The second-order valence-corrected chi connectivity index (χ2v) is 7.60. The van der Waals surface area contributed by atoms with Crippen molar-refractivity contribution in [3.05, 3.63) is 59.8 Å². The molecule has 0 bridgehead atoms. The number of nitrogens with zero attached hydrogens (tertiary/aromatic N) is 1. The summed E-state index contributed by atoms with van der Waals surface area (Å²) in [5.74, 6) is 1.02. The van der Waals surface area contributed by atoms with Gasteiger partial charge in [-0.2, -0.15) is 0 Å². The molecule has 0 saturated heterocycles. The molecule has 1 aliphatic heterocycles. The second-order valence-electron chi connectivity index (χ2n) is 7.60. The molecule has 0 N–H and O–H groups in total. The third kappa shape index (κ3) is 3.27. The van der Waals surface area contributed by atoms with Crippen molar-refractivity contribution in [3.8, 4) is 5.75 Å². The highest BCUT2D eigenvalue weighted by atomic mass is 16.5. The summed E-state index contributed by atoms with van der Waals surface area (Å²) in [5.41, 5.74) is 5.84. The van der Waals surface area contributed by atoms with Crippen LogP contribution in [-0.2, 0) is 12.8 Å². The molecular formula is C23H31NO. The van der Waals surface area contributed by atoms with E-state index in [-0.39, 0.29) is 0 Å². The Hall–Kier alpha value is -1.96. The minimum absolute atomic E-state index is 0.419. The number of rotatable bonds is 6. The van der Waals surface area contributed by atoms with E-state index in [4.69, 9.17) is 4.74 Å². The Bertz CT molecular complexity index is 709. The summed E-state index contributed by atoms with van der Waals surface area (Å²) in [7, 11) is 1.78. The molecule has 2 nitrogen and oxygen atoms in total. The van der Waals surface area contributed by atoms with Gasteiger partial charge in [-0.15, -0.1) is 0 Å². The first-order valence-corrected chi connectivity index (χ1v) is 9.52. The summed E-state index contributed by atoms with van der Waals surface area (Å²) in [4.78, 5) is 2.47. The van der Waals surface area contributed by atoms with E-state index in [2.05, 4.69) is 62.7 Å². The summed E-state index contributed by atoms with van der Waals surface area (Å²) >= 11 is 0. The summed E-state index contributed by atoms with van der Waals surface area (Å²) in [6.07, 6.45) is 14.3. The van der Waals surface area contributed by atoms with E-state index in [0.29, 0.717) is 11.5 Å². The lowest BCUT2D eigenvalue weighted by atomic mass is 9.82. The van der Waals surface area contributed by atoms with Crippen molar-refractivity contribution >= 4 is 5.70 Å². The number of hydrogen-bond donors (Lipinski definition) is 0. The fraction of sp³-hybridized carbons (Fsp3) is 0.478. The number of allylic oxidation sites excluding steroid dienone is 3. The first-order valence-electron chi connectivity index (χ1n) is 9.52. The Labute approximate surface area is 152 Å². The molecule has 1 unspecified atom stereocenters. The van der Waals surface area contributed by atoms with E-state index in [1.165, 1.54) is 35.2 Å². The van der Waals surface area contributed by atoms with Gasteiger partial charge in [-0.3, -0.25) is 0 Å². The Morgan fingerprint density at radius 3 is 2.68 bits per heavy atom. The van der Waals surface area contributed by atoms with Crippen LogP contribution in [0.1, 0.15) is 56.7 Å². The predicted octanol–water partition coefficient (Wildman–Crippen LogP) is 5.74. The summed E-state index contributed by atoms with van der Waals surface area (Å²) in [6.45, 7) is 10.6. The summed E-state index contributed by atoms with van der Waals surface area (Å²) < 4.78 is 5.70. The first kappa shape index (κ1) is 17.8. The standard InChI is InChI=1S/C23H31NO/c1-6-9-13-24-20(8-3)19-16-21(25-5)17(10-7-2)14-18(19)15-22(24)23(4)11-12-23/h6,8-9,13-14,16,22H,1,7,10-12,15H2,2-5H3/b13-9-,20-8-. The molecule has 0 amide bonds. The van der Waals surface area contributed by atoms with Crippen LogP contribution in [0.15, 0.2) is 43.1 Å². The number of ether oxygens (including phenoxy) is 1. The Kier molecular flexibility index (Phi) is 5.08. The zero-order chi connectivity index (χ0) is 18.0. The molecule has 2 aliphatic rings. The number of benzene rings is 1. The van der Waals surface area contributed by atoms with Crippen molar-refractivity contribution in [2.24, 2.45) is 5.41 Å². The Morgan fingerprint density at radius 1 is 1.36 bits per heavy atom. The molecule has 3 rings (SSSR count). The zero-order valence-corrected chi connectivity index (χ0v) is 16.1. The second kappa shape index (κ2) is 7.11. The van der Waals surface area contributed by atoms with Gasteiger partial charge in [0.2, 0.25) is 0 Å². The maximum absolute atomic E-state index is 5.70. The topological polar surface area (TPSA) is 12.5 Å². The highest BCUT2D eigenvalue weighted by Crippen LogP contribution is 2.54. The number of aryl methyl sites for hydroxylation is 1. The van der Waals surface area contributed by atoms with Crippen LogP contribution >= 0.6 is 0 Å². The zero-order valence-electron chi connectivity index (χ0n) is 16.1. The largest absolute Gasteiger partial charge is 0.496 e. The molecule has 0 spiro atoms. The molecule has 1 aromatic rings. The smallest absolute Gasteiger partial charge is 0.122 e. The average Bonchev–Trinajstić information content (AvgIpc) is 3.37. The SMILES string of the molecule is C=C/C=C\N1/C(=C\C)c2cc(OC)c(CCC)cc2CC1C1(C)CC1. The highest BCUT2D eigenvalue weighted by Gasteiger charge is 2.49. The fourth-order valence-electron chi connectivity index (χ4n) is 4.11. The quantitative estimate of drug-likeness (QED) is 0.614. The van der Waals surface area contributed by atoms with Gasteiger partial charge in [-0.1, -0.05) is 45.1 Å². The minimum Gasteiger partial charge on any atom is -0.496 e. The molecular weight excluding hydrogens is 306 g/mol. The molecule has 0 radical (unpaired) electrons. The molecule has 134 valence electrons. The van der Waals surface area contributed by atoms with Gasteiger partial charge in [0.05, 0.1) is 7.11 Å². The van der Waals surface area contributed by atoms with Crippen molar-refractivity contribution in [3.63, 3.8) is 0 Å². The lowest BCUT2D eigenvalue weighted by Gasteiger charge is -2.42. The van der Waals surface area contributed by atoms with Gasteiger partial charge in [-0.25, -0.2) is 0 Å². The summed E-state index contributed by atoms with van der Waals surface area (Å²) in [5, 5.41) is 0. The van der Waals surface area contributed by atoms with E-state index in [0.717, 1.165) is 25.0 Å². The van der Waals surface area contributed by atoms with Crippen LogP contribution in [0, 0.1) is 5.41 Å². The molecule has 25 heavy (non-hydrogen) atoms. The molecule has 1 aromatic carbocycles. The molecule has 1 heterocycles. The van der Waals surface area contributed by atoms with Crippen LogP contribution in [0.3, 0.4) is 0 Å². The Balaban J connectivity index is 2.11. The van der Waals surface area contributed by atoms with Crippen molar-refractivity contribution in [1.82, 2.24) is 4.90 Å². The van der Waals surface area contributed by atoms with E-state index in [1.807, 2.05) is 6.08 Å². The van der Waals surface area contributed by atoms with Crippen molar-refractivity contribution < 1.29 is 4.74 Å². The normalized spacial score (nSPS) is 23.0.